The summed E-state index contributed by atoms with van der Waals surface area (Å²) in [6.07, 6.45) is -0.190. The third kappa shape index (κ3) is 2.70. The minimum Gasteiger partial charge on any atom is -0.481 e. The number of carbonyl (C=O) groups is 2. The highest BCUT2D eigenvalue weighted by Gasteiger charge is 2.36. The van der Waals surface area contributed by atoms with Crippen molar-refractivity contribution in [3.8, 4) is 0 Å². The van der Waals surface area contributed by atoms with E-state index < -0.39 is 12.0 Å². The number of hydrogen-bond donors (Lipinski definition) is 2. The second-order valence-corrected chi connectivity index (χ2v) is 4.90. The monoisotopic (exact) mass is 262 g/mol. The normalized spacial score (nSPS) is 23.1. The number of para-hydroxylation sites is 1. The summed E-state index contributed by atoms with van der Waals surface area (Å²) in [5, 5.41) is 11.8. The maximum Gasteiger partial charge on any atom is 0.305 e. The maximum atomic E-state index is 12.0. The molecule has 0 bridgehead atoms. The number of carboxylic acid groups (broad SMARTS) is 1. The van der Waals surface area contributed by atoms with Crippen LogP contribution in [0.25, 0.3) is 0 Å². The van der Waals surface area contributed by atoms with E-state index in [2.05, 4.69) is 5.32 Å². The zero-order chi connectivity index (χ0) is 14.0. The van der Waals surface area contributed by atoms with Crippen molar-refractivity contribution in [2.45, 2.75) is 32.4 Å². The fourth-order valence-electron chi connectivity index (χ4n) is 2.51. The van der Waals surface area contributed by atoms with E-state index in [0.717, 1.165) is 11.3 Å². The van der Waals surface area contributed by atoms with Crippen molar-refractivity contribution in [1.29, 1.82) is 0 Å². The van der Waals surface area contributed by atoms with Crippen molar-refractivity contribution in [2.75, 3.05) is 11.4 Å². The third-order valence-electron chi connectivity index (χ3n) is 3.45. The average molecular weight is 262 g/mol. The number of amides is 1. The van der Waals surface area contributed by atoms with Crippen LogP contribution in [0.5, 0.6) is 0 Å². The Labute approximate surface area is 112 Å². The summed E-state index contributed by atoms with van der Waals surface area (Å²) in [4.78, 5) is 24.8. The molecule has 19 heavy (non-hydrogen) atoms. The number of aliphatic carboxylic acids is 1. The minimum absolute atomic E-state index is 0.0724. The van der Waals surface area contributed by atoms with Gasteiger partial charge < -0.3 is 15.3 Å². The molecule has 5 nitrogen and oxygen atoms in total. The van der Waals surface area contributed by atoms with E-state index in [1.54, 1.807) is 0 Å². The lowest BCUT2D eigenvalue weighted by atomic mass is 10.0. The number of nitrogens with one attached hydrogen (secondary N) is 1. The number of aryl methyl sites for hydroxylation is 1. The summed E-state index contributed by atoms with van der Waals surface area (Å²) in [6, 6.07) is 7.15. The largest absolute Gasteiger partial charge is 0.481 e. The number of carboxylic acids is 1. The molecular weight excluding hydrogens is 244 g/mol. The van der Waals surface area contributed by atoms with Gasteiger partial charge in [-0.3, -0.25) is 9.59 Å². The maximum absolute atomic E-state index is 12.0. The number of nitrogens with zero attached hydrogens (tertiary/aromatic N) is 1. The predicted molar refractivity (Wildman–Crippen MR) is 72.2 cm³/mol. The fourth-order valence-corrected chi connectivity index (χ4v) is 2.51. The molecule has 2 unspecified atom stereocenters. The Morgan fingerprint density at radius 2 is 2.16 bits per heavy atom. The molecule has 1 heterocycles. The van der Waals surface area contributed by atoms with Crippen molar-refractivity contribution in [3.63, 3.8) is 0 Å². The Bertz CT molecular complexity index is 501. The molecule has 102 valence electrons. The lowest BCUT2D eigenvalue weighted by molar-refractivity contribution is -0.140. The van der Waals surface area contributed by atoms with Crippen LogP contribution >= 0.6 is 0 Å². The van der Waals surface area contributed by atoms with Gasteiger partial charge >= 0.3 is 5.97 Å². The molecule has 0 aromatic heterocycles. The SMILES string of the molecule is Cc1ccccc1N1C(C)CNC(=O)C1CC(=O)O. The molecule has 1 aliphatic heterocycles. The van der Waals surface area contributed by atoms with Crippen LogP contribution in [0.1, 0.15) is 18.9 Å². The lowest BCUT2D eigenvalue weighted by Gasteiger charge is -2.41. The number of hydrogen-bond acceptors (Lipinski definition) is 3. The van der Waals surface area contributed by atoms with Crippen molar-refractivity contribution >= 4 is 17.6 Å². The number of piperazine rings is 1. The summed E-state index contributed by atoms with van der Waals surface area (Å²) in [5.74, 6) is -1.18. The van der Waals surface area contributed by atoms with Crippen LogP contribution in [0.2, 0.25) is 0 Å². The van der Waals surface area contributed by atoms with Gasteiger partial charge in [-0.15, -0.1) is 0 Å². The molecule has 1 aliphatic rings. The van der Waals surface area contributed by atoms with E-state index >= 15 is 0 Å². The van der Waals surface area contributed by atoms with Gasteiger partial charge in [-0.2, -0.15) is 0 Å². The summed E-state index contributed by atoms with van der Waals surface area (Å²) >= 11 is 0. The Hall–Kier alpha value is -2.04. The quantitative estimate of drug-likeness (QED) is 0.857. The van der Waals surface area contributed by atoms with Crippen molar-refractivity contribution < 1.29 is 14.7 Å². The zero-order valence-electron chi connectivity index (χ0n) is 11.1. The molecule has 2 rings (SSSR count). The molecule has 0 spiro atoms. The summed E-state index contributed by atoms with van der Waals surface area (Å²) in [5.41, 5.74) is 1.97. The smallest absolute Gasteiger partial charge is 0.305 e. The molecule has 2 N–H and O–H groups in total. The Morgan fingerprint density at radius 3 is 2.79 bits per heavy atom. The lowest BCUT2D eigenvalue weighted by Crippen LogP contribution is -2.60. The fraction of sp³-hybridized carbons (Fsp3) is 0.429. The molecule has 5 heteroatoms. The van der Waals surface area contributed by atoms with Crippen LogP contribution in [0.15, 0.2) is 24.3 Å². The topological polar surface area (TPSA) is 69.6 Å². The van der Waals surface area contributed by atoms with E-state index in [1.807, 2.05) is 43.0 Å². The van der Waals surface area contributed by atoms with Crippen LogP contribution in [-0.2, 0) is 9.59 Å². The van der Waals surface area contributed by atoms with Gasteiger partial charge in [0.25, 0.3) is 0 Å². The molecule has 1 saturated heterocycles. The summed E-state index contributed by atoms with van der Waals surface area (Å²) < 4.78 is 0. The van der Waals surface area contributed by atoms with Crippen LogP contribution < -0.4 is 10.2 Å². The van der Waals surface area contributed by atoms with Gasteiger partial charge in [-0.05, 0) is 25.5 Å². The standard InChI is InChI=1S/C14H18N2O3/c1-9-5-3-4-6-11(9)16-10(2)8-15-14(19)12(16)7-13(17)18/h3-6,10,12H,7-8H2,1-2H3,(H,15,19)(H,17,18). The van der Waals surface area contributed by atoms with Gasteiger partial charge in [0.05, 0.1) is 6.42 Å². The second-order valence-electron chi connectivity index (χ2n) is 4.90. The van der Waals surface area contributed by atoms with E-state index in [9.17, 15) is 9.59 Å². The molecule has 1 amide bonds. The molecule has 0 radical (unpaired) electrons. The van der Waals surface area contributed by atoms with E-state index in [0.29, 0.717) is 6.54 Å². The Kier molecular flexibility index (Phi) is 3.74. The molecule has 1 fully saturated rings. The number of anilines is 1. The predicted octanol–water partition coefficient (Wildman–Crippen LogP) is 1.16. The van der Waals surface area contributed by atoms with Crippen LogP contribution in [-0.4, -0.2) is 35.6 Å². The number of benzene rings is 1. The number of rotatable bonds is 3. The highest BCUT2D eigenvalue weighted by Crippen LogP contribution is 2.27. The van der Waals surface area contributed by atoms with Gasteiger partial charge in [0.1, 0.15) is 6.04 Å². The second kappa shape index (κ2) is 5.30. The van der Waals surface area contributed by atoms with Gasteiger partial charge in [-0.25, -0.2) is 0 Å². The first-order valence-corrected chi connectivity index (χ1v) is 6.34. The Balaban J connectivity index is 2.39. The van der Waals surface area contributed by atoms with Crippen molar-refractivity contribution in [3.05, 3.63) is 29.8 Å². The average Bonchev–Trinajstić information content (AvgIpc) is 2.35. The molecule has 2 atom stereocenters. The Morgan fingerprint density at radius 1 is 1.47 bits per heavy atom. The van der Waals surface area contributed by atoms with Crippen molar-refractivity contribution in [2.24, 2.45) is 0 Å². The van der Waals surface area contributed by atoms with Crippen LogP contribution in [0.4, 0.5) is 5.69 Å². The number of carbonyl (C=O) groups excluding carboxylic acids is 1. The molecule has 0 aliphatic carbocycles. The van der Waals surface area contributed by atoms with Gasteiger partial charge in [-0.1, -0.05) is 18.2 Å². The molecule has 0 saturated carbocycles. The summed E-state index contributed by atoms with van der Waals surface area (Å²) in [7, 11) is 0. The molecule has 1 aromatic carbocycles. The van der Waals surface area contributed by atoms with Crippen molar-refractivity contribution in [1.82, 2.24) is 5.32 Å². The van der Waals surface area contributed by atoms with Gasteiger partial charge in [0.2, 0.25) is 5.91 Å². The van der Waals surface area contributed by atoms with Crippen LogP contribution in [0.3, 0.4) is 0 Å². The van der Waals surface area contributed by atoms with E-state index in [4.69, 9.17) is 5.11 Å². The minimum atomic E-state index is -0.965. The first kappa shape index (κ1) is 13.4. The third-order valence-corrected chi connectivity index (χ3v) is 3.45. The highest BCUT2D eigenvalue weighted by atomic mass is 16.4. The summed E-state index contributed by atoms with van der Waals surface area (Å²) in [6.45, 7) is 4.48. The van der Waals surface area contributed by atoms with Gasteiger partial charge in [0.15, 0.2) is 0 Å². The van der Waals surface area contributed by atoms with Gasteiger partial charge in [0, 0.05) is 18.3 Å². The van der Waals surface area contributed by atoms with E-state index in [1.165, 1.54) is 0 Å². The molecular formula is C14H18N2O3. The first-order valence-electron chi connectivity index (χ1n) is 6.34. The highest BCUT2D eigenvalue weighted by molar-refractivity contribution is 5.90. The van der Waals surface area contributed by atoms with Crippen LogP contribution in [0, 0.1) is 6.92 Å². The molecule has 1 aromatic rings. The zero-order valence-corrected chi connectivity index (χ0v) is 11.1. The first-order chi connectivity index (χ1) is 9.00. The van der Waals surface area contributed by atoms with E-state index in [-0.39, 0.29) is 18.4 Å².